The number of aromatic nitrogens is 2. The van der Waals surface area contributed by atoms with Crippen LogP contribution in [-0.2, 0) is 15.7 Å². The summed E-state index contributed by atoms with van der Waals surface area (Å²) in [4.78, 5) is 23.2. The van der Waals surface area contributed by atoms with Crippen LogP contribution < -0.4 is 0 Å². The number of carbonyl (C=O) groups is 2. The lowest BCUT2D eigenvalue weighted by Gasteiger charge is -2.40. The van der Waals surface area contributed by atoms with Crippen molar-refractivity contribution in [3.8, 4) is 0 Å². The summed E-state index contributed by atoms with van der Waals surface area (Å²) in [5, 5.41) is 12.7. The minimum Gasteiger partial charge on any atom is -0.478 e. The van der Waals surface area contributed by atoms with Crippen LogP contribution in [0.1, 0.15) is 62.1 Å². The highest BCUT2D eigenvalue weighted by atomic mass is 19.4. The van der Waals surface area contributed by atoms with E-state index in [0.29, 0.717) is 12.8 Å². The number of ether oxygens (including phenoxy) is 1. The number of carboxylic acids is 1. The Hall–Kier alpha value is -2.06. The lowest BCUT2D eigenvalue weighted by atomic mass is 9.69. The molecule has 1 saturated carbocycles. The number of hydrogen-bond acceptors (Lipinski definition) is 4. The fourth-order valence-corrected chi connectivity index (χ4v) is 3.61. The van der Waals surface area contributed by atoms with Crippen molar-refractivity contribution in [2.75, 3.05) is 6.61 Å². The molecule has 0 saturated heterocycles. The summed E-state index contributed by atoms with van der Waals surface area (Å²) < 4.78 is 45.9. The maximum Gasteiger partial charge on any atom is 0.433 e. The van der Waals surface area contributed by atoms with E-state index >= 15 is 0 Å². The molecule has 6 nitrogen and oxygen atoms in total. The van der Waals surface area contributed by atoms with Crippen LogP contribution in [0.5, 0.6) is 0 Å². The highest BCUT2D eigenvalue weighted by molar-refractivity contribution is 5.88. The normalized spacial score (nSPS) is 27.1. The van der Waals surface area contributed by atoms with Gasteiger partial charge in [0.25, 0.3) is 0 Å². The third-order valence-electron chi connectivity index (χ3n) is 4.80. The third-order valence-corrected chi connectivity index (χ3v) is 4.80. The highest BCUT2D eigenvalue weighted by Crippen LogP contribution is 2.46. The molecule has 0 amide bonds. The molecule has 0 unspecified atom stereocenters. The summed E-state index contributed by atoms with van der Waals surface area (Å²) in [7, 11) is 0. The molecule has 2 rings (SSSR count). The van der Waals surface area contributed by atoms with Crippen LogP contribution in [0, 0.1) is 11.3 Å². The minimum atomic E-state index is -4.83. The molecule has 1 N–H and O–H groups in total. The first-order valence-electron chi connectivity index (χ1n) is 8.06. The van der Waals surface area contributed by atoms with E-state index in [4.69, 9.17) is 9.84 Å². The van der Waals surface area contributed by atoms with Gasteiger partial charge in [0.05, 0.1) is 24.3 Å². The molecule has 1 aromatic rings. The summed E-state index contributed by atoms with van der Waals surface area (Å²) in [5.74, 6) is -2.33. The molecule has 1 fully saturated rings. The Kier molecular flexibility index (Phi) is 5.15. The summed E-state index contributed by atoms with van der Waals surface area (Å²) in [5.41, 5.74) is -2.87. The van der Waals surface area contributed by atoms with Crippen LogP contribution in [0.3, 0.4) is 0 Å². The number of carbonyl (C=O) groups excluding carboxylic acids is 1. The molecular formula is C16H21F3N2O4. The van der Waals surface area contributed by atoms with Gasteiger partial charge in [0, 0.05) is 0 Å². The SMILES string of the molecule is CCOC(=O)[C@]1(C)CC[C@@H](n2ncc(C(=O)O)c2C(F)(F)F)[C@@H](C)C1. The van der Waals surface area contributed by atoms with Gasteiger partial charge in [0.2, 0.25) is 0 Å². The van der Waals surface area contributed by atoms with Crippen LogP contribution >= 0.6 is 0 Å². The van der Waals surface area contributed by atoms with E-state index in [0.717, 1.165) is 10.9 Å². The number of nitrogens with zero attached hydrogens (tertiary/aromatic N) is 2. The second kappa shape index (κ2) is 6.68. The molecule has 0 spiro atoms. The van der Waals surface area contributed by atoms with Crippen molar-refractivity contribution in [2.24, 2.45) is 11.3 Å². The summed E-state index contributed by atoms with van der Waals surface area (Å²) in [6.45, 7) is 5.42. The first-order valence-corrected chi connectivity index (χ1v) is 8.06. The lowest BCUT2D eigenvalue weighted by Crippen LogP contribution is -2.39. The molecule has 0 aromatic carbocycles. The quantitative estimate of drug-likeness (QED) is 0.829. The van der Waals surface area contributed by atoms with E-state index in [1.165, 1.54) is 0 Å². The summed E-state index contributed by atoms with van der Waals surface area (Å²) in [6, 6.07) is -0.632. The predicted octanol–water partition coefficient (Wildman–Crippen LogP) is 3.53. The van der Waals surface area contributed by atoms with E-state index in [9.17, 15) is 22.8 Å². The molecule has 3 atom stereocenters. The van der Waals surface area contributed by atoms with Gasteiger partial charge in [-0.3, -0.25) is 9.48 Å². The van der Waals surface area contributed by atoms with Crippen LogP contribution in [-0.4, -0.2) is 33.4 Å². The smallest absolute Gasteiger partial charge is 0.433 e. The second-order valence-corrected chi connectivity index (χ2v) is 6.72. The number of hydrogen-bond donors (Lipinski definition) is 1. The Morgan fingerprint density at radius 1 is 1.48 bits per heavy atom. The first-order chi connectivity index (χ1) is 11.5. The molecule has 0 aliphatic heterocycles. The molecule has 9 heteroatoms. The van der Waals surface area contributed by atoms with Gasteiger partial charge < -0.3 is 9.84 Å². The number of carboxylic acid groups (broad SMARTS) is 1. The minimum absolute atomic E-state index is 0.242. The van der Waals surface area contributed by atoms with Gasteiger partial charge in [-0.1, -0.05) is 6.92 Å². The maximum atomic E-state index is 13.4. The van der Waals surface area contributed by atoms with Crippen LogP contribution in [0.15, 0.2) is 6.20 Å². The van der Waals surface area contributed by atoms with Gasteiger partial charge in [-0.05, 0) is 39.0 Å². The number of alkyl halides is 3. The van der Waals surface area contributed by atoms with Gasteiger partial charge in [-0.25, -0.2) is 4.79 Å². The molecule has 0 radical (unpaired) electrons. The van der Waals surface area contributed by atoms with Crippen LogP contribution in [0.25, 0.3) is 0 Å². The van der Waals surface area contributed by atoms with E-state index in [2.05, 4.69) is 5.10 Å². The van der Waals surface area contributed by atoms with Crippen molar-refractivity contribution in [2.45, 2.75) is 52.3 Å². The van der Waals surface area contributed by atoms with Crippen molar-refractivity contribution in [1.82, 2.24) is 9.78 Å². The average Bonchev–Trinajstić information content (AvgIpc) is 2.92. The number of aromatic carboxylic acids is 1. The van der Waals surface area contributed by atoms with E-state index in [1.54, 1.807) is 20.8 Å². The van der Waals surface area contributed by atoms with Gasteiger partial charge in [-0.2, -0.15) is 18.3 Å². The van der Waals surface area contributed by atoms with Crippen molar-refractivity contribution >= 4 is 11.9 Å². The molecule has 1 aromatic heterocycles. The average molecular weight is 362 g/mol. The van der Waals surface area contributed by atoms with Crippen molar-refractivity contribution in [1.29, 1.82) is 0 Å². The van der Waals surface area contributed by atoms with Crippen LogP contribution in [0.2, 0.25) is 0 Å². The zero-order valence-electron chi connectivity index (χ0n) is 14.3. The first kappa shape index (κ1) is 19.3. The largest absolute Gasteiger partial charge is 0.478 e. The number of rotatable bonds is 4. The van der Waals surface area contributed by atoms with Gasteiger partial charge in [0.1, 0.15) is 5.56 Å². The maximum absolute atomic E-state index is 13.4. The Morgan fingerprint density at radius 3 is 2.60 bits per heavy atom. The van der Waals surface area contributed by atoms with E-state index < -0.39 is 34.9 Å². The van der Waals surface area contributed by atoms with E-state index in [1.807, 2.05) is 0 Å². The van der Waals surface area contributed by atoms with Gasteiger partial charge in [0.15, 0.2) is 5.69 Å². The fraction of sp³-hybridized carbons (Fsp3) is 0.688. The summed E-state index contributed by atoms with van der Waals surface area (Å²) >= 11 is 0. The standard InChI is InChI=1S/C16H21F3N2O4/c1-4-25-14(24)15(3)6-5-11(9(2)7-15)21-12(16(17,18)19)10(8-20-21)13(22)23/h8-9,11H,4-7H2,1-3H3,(H,22,23)/t9-,11+,15+/m0/s1. The number of halogens is 3. The van der Waals surface area contributed by atoms with Crippen LogP contribution in [0.4, 0.5) is 13.2 Å². The number of esters is 1. The van der Waals surface area contributed by atoms with Crippen molar-refractivity contribution in [3.05, 3.63) is 17.5 Å². The molecule has 1 heterocycles. The Balaban J connectivity index is 2.33. The molecular weight excluding hydrogens is 341 g/mol. The molecule has 1 aliphatic rings. The van der Waals surface area contributed by atoms with Crippen molar-refractivity contribution < 1.29 is 32.6 Å². The second-order valence-electron chi connectivity index (χ2n) is 6.72. The lowest BCUT2D eigenvalue weighted by molar-refractivity contribution is -0.159. The highest BCUT2D eigenvalue weighted by Gasteiger charge is 2.47. The molecule has 25 heavy (non-hydrogen) atoms. The summed E-state index contributed by atoms with van der Waals surface area (Å²) in [6.07, 6.45) is -3.13. The Morgan fingerprint density at radius 2 is 2.12 bits per heavy atom. The fourth-order valence-electron chi connectivity index (χ4n) is 3.61. The van der Waals surface area contributed by atoms with Crippen molar-refractivity contribution in [3.63, 3.8) is 0 Å². The molecule has 1 aliphatic carbocycles. The predicted molar refractivity (Wildman–Crippen MR) is 81.0 cm³/mol. The Labute approximate surface area is 143 Å². The zero-order chi connectivity index (χ0) is 19.0. The zero-order valence-corrected chi connectivity index (χ0v) is 14.3. The Bertz CT molecular complexity index is 671. The van der Waals surface area contributed by atoms with Gasteiger partial charge >= 0.3 is 18.1 Å². The molecule has 0 bridgehead atoms. The third kappa shape index (κ3) is 3.64. The van der Waals surface area contributed by atoms with E-state index in [-0.39, 0.29) is 24.9 Å². The topological polar surface area (TPSA) is 81.4 Å². The monoisotopic (exact) mass is 362 g/mol. The van der Waals surface area contributed by atoms with Gasteiger partial charge in [-0.15, -0.1) is 0 Å². The molecule has 140 valence electrons.